The molecule has 3 aromatic rings. The monoisotopic (exact) mass is 477 g/mol. The highest BCUT2D eigenvalue weighted by Gasteiger charge is 2.17. The first kappa shape index (κ1) is 24.0. The molecule has 1 aliphatic rings. The molecular weight excluding hydrogens is 446 g/mol. The maximum absolute atomic E-state index is 12.7. The average Bonchev–Trinajstić information content (AvgIpc) is 2.80. The molecule has 0 bridgehead atoms. The van der Waals surface area contributed by atoms with Crippen molar-refractivity contribution < 1.29 is 13.2 Å². The number of amides is 1. The number of aryl methyl sites for hydroxylation is 1. The number of anilines is 2. The Bertz CT molecular complexity index is 1240. The quantitative estimate of drug-likeness (QED) is 0.485. The Morgan fingerprint density at radius 3 is 2.41 bits per heavy atom. The van der Waals surface area contributed by atoms with Crippen molar-refractivity contribution in [1.82, 2.24) is 4.90 Å². The molecule has 2 N–H and O–H groups in total. The maximum Gasteiger partial charge on any atom is 0.261 e. The van der Waals surface area contributed by atoms with E-state index in [9.17, 15) is 13.2 Å². The summed E-state index contributed by atoms with van der Waals surface area (Å²) in [5, 5.41) is 2.84. The lowest BCUT2D eigenvalue weighted by Crippen LogP contribution is -2.33. The van der Waals surface area contributed by atoms with E-state index in [2.05, 4.69) is 21.9 Å². The largest absolute Gasteiger partial charge is 0.322 e. The van der Waals surface area contributed by atoms with Gasteiger partial charge in [-0.1, -0.05) is 31.2 Å². The van der Waals surface area contributed by atoms with Crippen LogP contribution in [0.25, 0.3) is 0 Å². The molecule has 7 heteroatoms. The summed E-state index contributed by atoms with van der Waals surface area (Å²) in [5.74, 6) is 0.505. The average molecular weight is 478 g/mol. The van der Waals surface area contributed by atoms with E-state index < -0.39 is 10.0 Å². The van der Waals surface area contributed by atoms with E-state index in [-0.39, 0.29) is 10.8 Å². The summed E-state index contributed by atoms with van der Waals surface area (Å²) in [5.41, 5.74) is 3.77. The van der Waals surface area contributed by atoms with Gasteiger partial charge in [-0.3, -0.25) is 14.4 Å². The molecule has 0 radical (unpaired) electrons. The first-order valence-corrected chi connectivity index (χ1v) is 13.1. The first-order chi connectivity index (χ1) is 16.3. The van der Waals surface area contributed by atoms with E-state index in [1.54, 1.807) is 30.3 Å². The van der Waals surface area contributed by atoms with Crippen LogP contribution in [0.1, 0.15) is 41.3 Å². The highest BCUT2D eigenvalue weighted by Crippen LogP contribution is 2.21. The fourth-order valence-corrected chi connectivity index (χ4v) is 5.34. The summed E-state index contributed by atoms with van der Waals surface area (Å²) in [6.45, 7) is 7.34. The topological polar surface area (TPSA) is 78.5 Å². The van der Waals surface area contributed by atoms with Gasteiger partial charge in [0.1, 0.15) is 0 Å². The number of carbonyl (C=O) groups is 1. The molecule has 34 heavy (non-hydrogen) atoms. The van der Waals surface area contributed by atoms with Crippen LogP contribution in [0.5, 0.6) is 0 Å². The Balaban J connectivity index is 1.36. The van der Waals surface area contributed by atoms with Crippen LogP contribution in [-0.2, 0) is 16.6 Å². The fourth-order valence-electron chi connectivity index (χ4n) is 4.29. The Morgan fingerprint density at radius 1 is 1.00 bits per heavy atom. The van der Waals surface area contributed by atoms with E-state index >= 15 is 0 Å². The number of likely N-dealkylation sites (tertiary alicyclic amines) is 1. The van der Waals surface area contributed by atoms with Gasteiger partial charge in [0.05, 0.1) is 4.90 Å². The Kier molecular flexibility index (Phi) is 7.34. The van der Waals surface area contributed by atoms with Crippen LogP contribution in [0.4, 0.5) is 11.4 Å². The lowest BCUT2D eigenvalue weighted by Gasteiger charge is -2.30. The molecule has 0 aliphatic carbocycles. The van der Waals surface area contributed by atoms with Crippen LogP contribution in [0, 0.1) is 12.8 Å². The number of nitrogens with one attached hydrogen (secondary N) is 2. The molecule has 0 aromatic heterocycles. The van der Waals surface area contributed by atoms with Crippen LogP contribution in [-0.4, -0.2) is 32.3 Å². The molecule has 1 atom stereocenters. The zero-order valence-corrected chi connectivity index (χ0v) is 20.4. The van der Waals surface area contributed by atoms with Gasteiger partial charge in [-0.05, 0) is 91.9 Å². The Morgan fingerprint density at radius 2 is 1.74 bits per heavy atom. The first-order valence-electron chi connectivity index (χ1n) is 11.6. The molecule has 1 heterocycles. The summed E-state index contributed by atoms with van der Waals surface area (Å²) in [4.78, 5) is 15.3. The maximum atomic E-state index is 12.7. The number of sulfonamides is 1. The van der Waals surface area contributed by atoms with Crippen LogP contribution in [0.15, 0.2) is 77.7 Å². The van der Waals surface area contributed by atoms with Gasteiger partial charge in [0.25, 0.3) is 15.9 Å². The third kappa shape index (κ3) is 6.24. The molecular formula is C27H31N3O3S. The summed E-state index contributed by atoms with van der Waals surface area (Å²) >= 11 is 0. The molecule has 1 aliphatic heterocycles. The molecule has 0 unspecified atom stereocenters. The Labute approximate surface area is 202 Å². The zero-order valence-electron chi connectivity index (χ0n) is 19.6. The van der Waals surface area contributed by atoms with Crippen LogP contribution in [0.2, 0.25) is 0 Å². The minimum atomic E-state index is -3.71. The molecule has 1 saturated heterocycles. The number of rotatable bonds is 7. The number of nitrogens with zero attached hydrogens (tertiary/aromatic N) is 1. The molecule has 0 saturated carbocycles. The van der Waals surface area contributed by atoms with Gasteiger partial charge in [-0.15, -0.1) is 0 Å². The van der Waals surface area contributed by atoms with Crippen molar-refractivity contribution in [3.05, 3.63) is 89.5 Å². The zero-order chi connectivity index (χ0) is 24.1. The summed E-state index contributed by atoms with van der Waals surface area (Å²) in [6, 6.07) is 21.0. The van der Waals surface area contributed by atoms with E-state index in [1.807, 2.05) is 37.3 Å². The predicted molar refractivity (Wildman–Crippen MR) is 136 cm³/mol. The molecule has 0 spiro atoms. The van der Waals surface area contributed by atoms with Crippen molar-refractivity contribution in [3.8, 4) is 0 Å². The minimum absolute atomic E-state index is 0.128. The van der Waals surface area contributed by atoms with Gasteiger partial charge in [-0.2, -0.15) is 0 Å². The normalized spacial score (nSPS) is 16.7. The van der Waals surface area contributed by atoms with Crippen molar-refractivity contribution in [3.63, 3.8) is 0 Å². The van der Waals surface area contributed by atoms with Gasteiger partial charge in [0, 0.05) is 30.0 Å². The Hall–Kier alpha value is -3.16. The van der Waals surface area contributed by atoms with Gasteiger partial charge in [0.15, 0.2) is 0 Å². The van der Waals surface area contributed by atoms with E-state index in [0.29, 0.717) is 16.9 Å². The molecule has 4 rings (SSSR count). The lowest BCUT2D eigenvalue weighted by molar-refractivity contribution is 0.102. The lowest BCUT2D eigenvalue weighted by atomic mass is 9.99. The summed E-state index contributed by atoms with van der Waals surface area (Å²) in [7, 11) is -3.71. The highest BCUT2D eigenvalue weighted by molar-refractivity contribution is 7.92. The van der Waals surface area contributed by atoms with Gasteiger partial charge in [-0.25, -0.2) is 8.42 Å². The minimum Gasteiger partial charge on any atom is -0.322 e. The number of hydrogen-bond donors (Lipinski definition) is 2. The van der Waals surface area contributed by atoms with Crippen molar-refractivity contribution in [2.75, 3.05) is 23.1 Å². The van der Waals surface area contributed by atoms with Crippen molar-refractivity contribution >= 4 is 27.3 Å². The fraction of sp³-hybridized carbons (Fsp3) is 0.296. The second kappa shape index (κ2) is 10.4. The van der Waals surface area contributed by atoms with Crippen molar-refractivity contribution in [2.24, 2.45) is 5.92 Å². The smallest absolute Gasteiger partial charge is 0.261 e. The summed E-state index contributed by atoms with van der Waals surface area (Å²) < 4.78 is 27.9. The van der Waals surface area contributed by atoms with E-state index in [4.69, 9.17) is 0 Å². The van der Waals surface area contributed by atoms with Crippen LogP contribution < -0.4 is 10.0 Å². The molecule has 178 valence electrons. The number of hydrogen-bond acceptors (Lipinski definition) is 4. The standard InChI is InChI=1S/C27H31N3O3S/c1-20-5-3-7-25(17-20)29-34(32,33)26-14-12-24(13-15-26)28-27(31)23-10-8-22(9-11-23)19-30-16-4-6-21(2)18-30/h3,5,7-15,17,21,29H,4,6,16,18-19H2,1-2H3,(H,28,31)/t21-/m1/s1. The third-order valence-electron chi connectivity index (χ3n) is 6.06. The number of carbonyl (C=O) groups excluding carboxylic acids is 1. The number of benzene rings is 3. The second-order valence-corrected chi connectivity index (χ2v) is 10.8. The predicted octanol–water partition coefficient (Wildman–Crippen LogP) is 5.28. The molecule has 6 nitrogen and oxygen atoms in total. The van der Waals surface area contributed by atoms with Gasteiger partial charge < -0.3 is 5.32 Å². The van der Waals surface area contributed by atoms with Crippen molar-refractivity contribution in [2.45, 2.75) is 38.1 Å². The highest BCUT2D eigenvalue weighted by atomic mass is 32.2. The number of piperidine rings is 1. The van der Waals surface area contributed by atoms with Crippen LogP contribution in [0.3, 0.4) is 0 Å². The third-order valence-corrected chi connectivity index (χ3v) is 7.45. The molecule has 1 fully saturated rings. The van der Waals surface area contributed by atoms with Gasteiger partial charge in [0.2, 0.25) is 0 Å². The molecule has 3 aromatic carbocycles. The van der Waals surface area contributed by atoms with E-state index in [1.165, 1.54) is 30.5 Å². The second-order valence-electron chi connectivity index (χ2n) is 9.13. The van der Waals surface area contributed by atoms with E-state index in [0.717, 1.165) is 31.1 Å². The van der Waals surface area contributed by atoms with Crippen molar-refractivity contribution in [1.29, 1.82) is 0 Å². The van der Waals surface area contributed by atoms with Crippen LogP contribution >= 0.6 is 0 Å². The summed E-state index contributed by atoms with van der Waals surface area (Å²) in [6.07, 6.45) is 2.54. The van der Waals surface area contributed by atoms with Gasteiger partial charge >= 0.3 is 0 Å². The SMILES string of the molecule is Cc1cccc(NS(=O)(=O)c2ccc(NC(=O)c3ccc(CN4CCC[C@@H](C)C4)cc3)cc2)c1. The molecule has 1 amide bonds.